The molecule has 122 valence electrons. The number of nitrogens with zero attached hydrogens (tertiary/aromatic N) is 2. The molecule has 3 rings (SSSR count). The second-order valence-electron chi connectivity index (χ2n) is 5.68. The minimum Gasteiger partial charge on any atom is -0.357 e. The fraction of sp³-hybridized carbons (Fsp3) is 0.375. The molecule has 23 heavy (non-hydrogen) atoms. The van der Waals surface area contributed by atoms with Crippen molar-refractivity contribution in [3.05, 3.63) is 41.1 Å². The summed E-state index contributed by atoms with van der Waals surface area (Å²) in [4.78, 5) is 8.67. The number of hydrogen-bond donors (Lipinski definition) is 2. The van der Waals surface area contributed by atoms with Crippen LogP contribution in [0.3, 0.4) is 0 Å². The predicted octanol–water partition coefficient (Wildman–Crippen LogP) is 4.47. The van der Waals surface area contributed by atoms with E-state index in [4.69, 9.17) is 0 Å². The van der Waals surface area contributed by atoms with E-state index in [0.717, 1.165) is 36.2 Å². The van der Waals surface area contributed by atoms with Crippen LogP contribution in [0, 0.1) is 6.92 Å². The summed E-state index contributed by atoms with van der Waals surface area (Å²) in [5.41, 5.74) is 1.34. The van der Waals surface area contributed by atoms with Crippen LogP contribution in [-0.4, -0.2) is 17.0 Å². The minimum absolute atomic E-state index is 0.391. The summed E-state index contributed by atoms with van der Waals surface area (Å²) in [5.74, 6) is 1.38. The van der Waals surface area contributed by atoms with Gasteiger partial charge in [0.2, 0.25) is 5.95 Å². The zero-order chi connectivity index (χ0) is 16.6. The lowest BCUT2D eigenvalue weighted by Crippen LogP contribution is -2.07. The zero-order valence-corrected chi connectivity index (χ0v) is 12.8. The van der Waals surface area contributed by atoms with Gasteiger partial charge in [-0.2, -0.15) is 18.2 Å². The highest BCUT2D eigenvalue weighted by molar-refractivity contribution is 5.62. The first-order chi connectivity index (χ1) is 10.9. The molecule has 0 radical (unpaired) electrons. The molecule has 7 heteroatoms. The fourth-order valence-corrected chi connectivity index (χ4v) is 2.30. The summed E-state index contributed by atoms with van der Waals surface area (Å²) in [5, 5.41) is 5.88. The molecule has 1 aliphatic rings. The van der Waals surface area contributed by atoms with E-state index in [-0.39, 0.29) is 0 Å². The van der Waals surface area contributed by atoms with Crippen molar-refractivity contribution in [2.75, 3.05) is 17.7 Å². The van der Waals surface area contributed by atoms with Gasteiger partial charge in [-0.25, -0.2) is 4.98 Å². The Bertz CT molecular complexity index is 724. The normalized spacial score (nSPS) is 14.7. The van der Waals surface area contributed by atoms with Crippen LogP contribution in [0.2, 0.25) is 0 Å². The predicted molar refractivity (Wildman–Crippen MR) is 83.0 cm³/mol. The quantitative estimate of drug-likeness (QED) is 0.872. The van der Waals surface area contributed by atoms with Crippen LogP contribution in [0.1, 0.15) is 35.6 Å². The van der Waals surface area contributed by atoms with Crippen LogP contribution in [-0.2, 0) is 6.18 Å². The Labute approximate surface area is 132 Å². The number of anilines is 3. The van der Waals surface area contributed by atoms with E-state index in [0.29, 0.717) is 23.4 Å². The smallest absolute Gasteiger partial charge is 0.357 e. The van der Waals surface area contributed by atoms with Crippen LogP contribution < -0.4 is 10.6 Å². The second kappa shape index (κ2) is 5.72. The number of halogens is 3. The molecule has 1 saturated carbocycles. The maximum absolute atomic E-state index is 12.9. The van der Waals surface area contributed by atoms with E-state index in [1.807, 2.05) is 0 Å². The van der Waals surface area contributed by atoms with Gasteiger partial charge in [0.15, 0.2) is 0 Å². The van der Waals surface area contributed by atoms with E-state index < -0.39 is 11.7 Å². The Morgan fingerprint density at radius 3 is 2.48 bits per heavy atom. The molecule has 0 unspecified atom stereocenters. The molecule has 4 nitrogen and oxygen atoms in total. The lowest BCUT2D eigenvalue weighted by atomic mass is 10.1. The number of alkyl halides is 3. The molecule has 1 heterocycles. The Morgan fingerprint density at radius 2 is 1.87 bits per heavy atom. The highest BCUT2D eigenvalue weighted by Gasteiger charge is 2.31. The van der Waals surface area contributed by atoms with Gasteiger partial charge >= 0.3 is 6.18 Å². The Kier molecular flexibility index (Phi) is 3.87. The lowest BCUT2D eigenvalue weighted by Gasteiger charge is -2.14. The zero-order valence-electron chi connectivity index (χ0n) is 12.8. The van der Waals surface area contributed by atoms with Crippen LogP contribution >= 0.6 is 0 Å². The molecular formula is C16H17F3N4. The first kappa shape index (κ1) is 15.6. The molecule has 1 aliphatic carbocycles. The number of rotatable bonds is 4. The van der Waals surface area contributed by atoms with E-state index in [1.54, 1.807) is 20.0 Å². The third-order valence-corrected chi connectivity index (χ3v) is 3.79. The number of aromatic nitrogens is 2. The molecule has 0 spiro atoms. The maximum Gasteiger partial charge on any atom is 0.416 e. The summed E-state index contributed by atoms with van der Waals surface area (Å²) in [6.45, 7) is 1.75. The average molecular weight is 322 g/mol. The molecule has 2 N–H and O–H groups in total. The highest BCUT2D eigenvalue weighted by atomic mass is 19.4. The molecule has 0 bridgehead atoms. The standard InChI is InChI=1S/C16H17F3N4/c1-9-3-6-11(16(17,18)19)7-12(9)21-14-8-13(10-4-5-10)22-15(20-2)23-14/h3,6-8,10H,4-5H2,1-2H3,(H2,20,21,22,23). The SMILES string of the molecule is CNc1nc(Nc2cc(C(F)(F)F)ccc2C)cc(C2CC2)n1. The molecule has 1 fully saturated rings. The van der Waals surface area contributed by atoms with Crippen molar-refractivity contribution in [2.45, 2.75) is 31.9 Å². The van der Waals surface area contributed by atoms with Gasteiger partial charge in [-0.3, -0.25) is 0 Å². The van der Waals surface area contributed by atoms with Crippen molar-refractivity contribution in [2.24, 2.45) is 0 Å². The van der Waals surface area contributed by atoms with Gasteiger partial charge in [0.05, 0.1) is 11.3 Å². The largest absolute Gasteiger partial charge is 0.416 e. The van der Waals surface area contributed by atoms with Gasteiger partial charge in [-0.1, -0.05) is 6.07 Å². The number of aryl methyl sites for hydroxylation is 1. The topological polar surface area (TPSA) is 49.8 Å². The Balaban J connectivity index is 1.93. The summed E-state index contributed by atoms with van der Waals surface area (Å²) in [7, 11) is 1.71. The Hall–Kier alpha value is -2.31. The highest BCUT2D eigenvalue weighted by Crippen LogP contribution is 2.40. The van der Waals surface area contributed by atoms with Gasteiger partial charge in [-0.05, 0) is 37.5 Å². The van der Waals surface area contributed by atoms with Crippen LogP contribution in [0.4, 0.5) is 30.6 Å². The monoisotopic (exact) mass is 322 g/mol. The minimum atomic E-state index is -4.37. The average Bonchev–Trinajstić information content (AvgIpc) is 3.32. The summed E-state index contributed by atoms with van der Waals surface area (Å²) >= 11 is 0. The van der Waals surface area contributed by atoms with E-state index in [1.165, 1.54) is 6.07 Å². The summed E-state index contributed by atoms with van der Waals surface area (Å²) in [6, 6.07) is 5.44. The summed E-state index contributed by atoms with van der Waals surface area (Å²) < 4.78 is 38.6. The third kappa shape index (κ3) is 3.55. The van der Waals surface area contributed by atoms with Crippen molar-refractivity contribution in [1.82, 2.24) is 9.97 Å². The second-order valence-corrected chi connectivity index (χ2v) is 5.68. The van der Waals surface area contributed by atoms with E-state index in [9.17, 15) is 13.2 Å². The first-order valence-electron chi connectivity index (χ1n) is 7.38. The molecule has 0 amide bonds. The fourth-order valence-electron chi connectivity index (χ4n) is 2.30. The van der Waals surface area contributed by atoms with Crippen LogP contribution in [0.15, 0.2) is 24.3 Å². The molecule has 1 aromatic carbocycles. The molecule has 1 aromatic heterocycles. The van der Waals surface area contributed by atoms with Crippen molar-refractivity contribution in [3.8, 4) is 0 Å². The third-order valence-electron chi connectivity index (χ3n) is 3.79. The summed E-state index contributed by atoms with van der Waals surface area (Å²) in [6.07, 6.45) is -2.20. The van der Waals surface area contributed by atoms with Crippen molar-refractivity contribution >= 4 is 17.5 Å². The van der Waals surface area contributed by atoms with Crippen LogP contribution in [0.25, 0.3) is 0 Å². The van der Waals surface area contributed by atoms with Gasteiger partial charge in [-0.15, -0.1) is 0 Å². The van der Waals surface area contributed by atoms with Gasteiger partial charge in [0, 0.05) is 24.7 Å². The van der Waals surface area contributed by atoms with Gasteiger partial charge in [0.1, 0.15) is 5.82 Å². The number of hydrogen-bond acceptors (Lipinski definition) is 4. The number of benzene rings is 1. The molecular weight excluding hydrogens is 305 g/mol. The molecule has 0 saturated heterocycles. The van der Waals surface area contributed by atoms with Gasteiger partial charge < -0.3 is 10.6 Å². The van der Waals surface area contributed by atoms with Gasteiger partial charge in [0.25, 0.3) is 0 Å². The molecule has 0 aliphatic heterocycles. The number of nitrogens with one attached hydrogen (secondary N) is 2. The van der Waals surface area contributed by atoms with E-state index >= 15 is 0 Å². The maximum atomic E-state index is 12.9. The van der Waals surface area contributed by atoms with Crippen molar-refractivity contribution in [3.63, 3.8) is 0 Å². The van der Waals surface area contributed by atoms with E-state index in [2.05, 4.69) is 20.6 Å². The van der Waals surface area contributed by atoms with Crippen molar-refractivity contribution in [1.29, 1.82) is 0 Å². The molecule has 2 aromatic rings. The van der Waals surface area contributed by atoms with Crippen LogP contribution in [0.5, 0.6) is 0 Å². The lowest BCUT2D eigenvalue weighted by molar-refractivity contribution is -0.137. The Morgan fingerprint density at radius 1 is 1.13 bits per heavy atom. The first-order valence-corrected chi connectivity index (χ1v) is 7.38. The van der Waals surface area contributed by atoms with Crippen molar-refractivity contribution < 1.29 is 13.2 Å². The molecule has 0 atom stereocenters.